The second-order valence-electron chi connectivity index (χ2n) is 5.18. The lowest BCUT2D eigenvalue weighted by Crippen LogP contribution is -2.15. The van der Waals surface area contributed by atoms with Crippen LogP contribution in [0.3, 0.4) is 0 Å². The molecule has 0 radical (unpaired) electrons. The Kier molecular flexibility index (Phi) is 6.49. The Balaban J connectivity index is 1.63. The van der Waals surface area contributed by atoms with E-state index >= 15 is 0 Å². The van der Waals surface area contributed by atoms with E-state index in [1.165, 1.54) is 18.0 Å². The zero-order valence-corrected chi connectivity index (χ0v) is 16.2. The molecular formula is C18H15ClN4OS2. The molecule has 132 valence electrons. The number of benzene rings is 1. The minimum absolute atomic E-state index is 0.168. The zero-order chi connectivity index (χ0) is 18.4. The molecule has 0 unspecified atom stereocenters. The number of rotatable bonds is 6. The van der Waals surface area contributed by atoms with Gasteiger partial charge in [0.2, 0.25) is 0 Å². The summed E-state index contributed by atoms with van der Waals surface area (Å²) in [4.78, 5) is 25.8. The van der Waals surface area contributed by atoms with Crippen LogP contribution in [0.25, 0.3) is 0 Å². The summed E-state index contributed by atoms with van der Waals surface area (Å²) in [5.41, 5.74) is 2.01. The van der Waals surface area contributed by atoms with Crippen molar-refractivity contribution in [2.75, 3.05) is 11.6 Å². The molecule has 0 fully saturated rings. The molecule has 0 spiro atoms. The number of thioether (sulfide) groups is 2. The largest absolute Gasteiger partial charge is 0.321 e. The Morgan fingerprint density at radius 2 is 2.00 bits per heavy atom. The molecule has 0 aliphatic heterocycles. The summed E-state index contributed by atoms with van der Waals surface area (Å²) in [5, 5.41) is 3.54. The standard InChI is InChI=1S/C18H15ClN4OS2/c1-25-18-21-10-15(19)16(23-18)17(24)22-13-4-6-14(7-5-13)26-11-12-3-2-8-20-9-12/h2-10H,11H2,1H3,(H,22,24). The number of carbonyl (C=O) groups is 1. The minimum Gasteiger partial charge on any atom is -0.321 e. The van der Waals surface area contributed by atoms with E-state index in [2.05, 4.69) is 20.3 Å². The van der Waals surface area contributed by atoms with Crippen molar-refractivity contribution in [3.63, 3.8) is 0 Å². The number of halogens is 1. The van der Waals surface area contributed by atoms with Gasteiger partial charge in [0.15, 0.2) is 10.9 Å². The monoisotopic (exact) mass is 402 g/mol. The third kappa shape index (κ3) is 4.97. The molecule has 8 heteroatoms. The van der Waals surface area contributed by atoms with Crippen LogP contribution in [0.5, 0.6) is 0 Å². The average molecular weight is 403 g/mol. The molecule has 1 aromatic carbocycles. The number of nitrogens with one attached hydrogen (secondary N) is 1. The molecule has 0 atom stereocenters. The van der Waals surface area contributed by atoms with Crippen molar-refractivity contribution in [2.24, 2.45) is 0 Å². The molecule has 3 rings (SSSR count). The second-order valence-corrected chi connectivity index (χ2v) is 7.41. The van der Waals surface area contributed by atoms with E-state index in [1.807, 2.05) is 48.9 Å². The summed E-state index contributed by atoms with van der Waals surface area (Å²) in [6.07, 6.45) is 6.90. The quantitative estimate of drug-likeness (QED) is 0.472. The summed E-state index contributed by atoms with van der Waals surface area (Å²) in [7, 11) is 0. The Morgan fingerprint density at radius 1 is 1.19 bits per heavy atom. The highest BCUT2D eigenvalue weighted by atomic mass is 35.5. The molecular weight excluding hydrogens is 388 g/mol. The molecule has 2 aromatic heterocycles. The fourth-order valence-corrected chi connectivity index (χ4v) is 3.43. The zero-order valence-electron chi connectivity index (χ0n) is 13.8. The molecule has 0 aliphatic rings. The molecule has 26 heavy (non-hydrogen) atoms. The van der Waals surface area contributed by atoms with E-state index < -0.39 is 0 Å². The fourth-order valence-electron chi connectivity index (χ4n) is 2.08. The predicted molar refractivity (Wildman–Crippen MR) is 107 cm³/mol. The lowest BCUT2D eigenvalue weighted by molar-refractivity contribution is 0.102. The van der Waals surface area contributed by atoms with Gasteiger partial charge in [-0.15, -0.1) is 11.8 Å². The first-order valence-electron chi connectivity index (χ1n) is 7.65. The van der Waals surface area contributed by atoms with Crippen LogP contribution in [-0.4, -0.2) is 27.1 Å². The van der Waals surface area contributed by atoms with Gasteiger partial charge in [0.1, 0.15) is 0 Å². The molecule has 1 N–H and O–H groups in total. The summed E-state index contributed by atoms with van der Waals surface area (Å²) in [6, 6.07) is 11.6. The number of carbonyl (C=O) groups excluding carboxylic acids is 1. The molecule has 0 aliphatic carbocycles. The van der Waals surface area contributed by atoms with Gasteiger partial charge in [0, 0.05) is 28.7 Å². The Morgan fingerprint density at radius 3 is 2.69 bits per heavy atom. The Labute approximate surface area is 165 Å². The number of hydrogen-bond acceptors (Lipinski definition) is 6. The summed E-state index contributed by atoms with van der Waals surface area (Å²) in [5.74, 6) is 0.483. The second kappa shape index (κ2) is 9.02. The SMILES string of the molecule is CSc1ncc(Cl)c(C(=O)Nc2ccc(SCc3cccnc3)cc2)n1. The average Bonchev–Trinajstić information content (AvgIpc) is 2.68. The Hall–Kier alpha value is -2.09. The van der Waals surface area contributed by atoms with E-state index in [0.29, 0.717) is 10.8 Å². The van der Waals surface area contributed by atoms with Crippen LogP contribution in [-0.2, 0) is 5.75 Å². The molecule has 0 saturated heterocycles. The van der Waals surface area contributed by atoms with Gasteiger partial charge in [-0.1, -0.05) is 29.4 Å². The van der Waals surface area contributed by atoms with E-state index in [9.17, 15) is 4.79 Å². The maximum Gasteiger partial charge on any atom is 0.275 e. The van der Waals surface area contributed by atoms with E-state index in [1.54, 1.807) is 18.0 Å². The normalized spacial score (nSPS) is 10.5. The molecule has 0 bridgehead atoms. The molecule has 5 nitrogen and oxygen atoms in total. The van der Waals surface area contributed by atoms with Gasteiger partial charge in [-0.2, -0.15) is 0 Å². The number of hydrogen-bond donors (Lipinski definition) is 1. The van der Waals surface area contributed by atoms with Crippen molar-refractivity contribution >= 4 is 46.7 Å². The van der Waals surface area contributed by atoms with Crippen LogP contribution in [0.1, 0.15) is 16.1 Å². The summed E-state index contributed by atoms with van der Waals surface area (Å²) < 4.78 is 0. The van der Waals surface area contributed by atoms with Gasteiger partial charge in [0.25, 0.3) is 5.91 Å². The van der Waals surface area contributed by atoms with Crippen LogP contribution in [0.15, 0.2) is 65.0 Å². The summed E-state index contributed by atoms with van der Waals surface area (Å²) in [6.45, 7) is 0. The maximum absolute atomic E-state index is 12.4. The molecule has 1 amide bonds. The van der Waals surface area contributed by atoms with E-state index in [0.717, 1.165) is 16.2 Å². The number of amides is 1. The number of anilines is 1. The molecule has 0 saturated carbocycles. The predicted octanol–water partition coefficient (Wildman–Crippen LogP) is 4.79. The van der Waals surface area contributed by atoms with Crippen molar-refractivity contribution in [2.45, 2.75) is 15.8 Å². The maximum atomic E-state index is 12.4. The van der Waals surface area contributed by atoms with E-state index in [4.69, 9.17) is 11.6 Å². The van der Waals surface area contributed by atoms with Gasteiger partial charge >= 0.3 is 0 Å². The summed E-state index contributed by atoms with van der Waals surface area (Å²) >= 11 is 9.10. The number of aromatic nitrogens is 3. The van der Waals surface area contributed by atoms with Crippen molar-refractivity contribution < 1.29 is 4.79 Å². The van der Waals surface area contributed by atoms with Gasteiger partial charge < -0.3 is 5.32 Å². The first-order valence-corrected chi connectivity index (χ1v) is 10.2. The highest BCUT2D eigenvalue weighted by molar-refractivity contribution is 7.98. The van der Waals surface area contributed by atoms with Crippen molar-refractivity contribution in [3.8, 4) is 0 Å². The van der Waals surface area contributed by atoms with Crippen LogP contribution < -0.4 is 5.32 Å². The highest BCUT2D eigenvalue weighted by Gasteiger charge is 2.14. The van der Waals surface area contributed by atoms with Crippen molar-refractivity contribution in [3.05, 3.63) is 71.3 Å². The smallest absolute Gasteiger partial charge is 0.275 e. The lowest BCUT2D eigenvalue weighted by Gasteiger charge is -2.08. The highest BCUT2D eigenvalue weighted by Crippen LogP contribution is 2.24. The first-order chi connectivity index (χ1) is 12.7. The van der Waals surface area contributed by atoms with Crippen LogP contribution in [0, 0.1) is 0 Å². The topological polar surface area (TPSA) is 67.8 Å². The number of pyridine rings is 1. The molecule has 3 aromatic rings. The molecule has 2 heterocycles. The third-order valence-corrected chi connectivity index (χ3v) is 5.28. The van der Waals surface area contributed by atoms with Gasteiger partial charge in [-0.25, -0.2) is 9.97 Å². The minimum atomic E-state index is -0.358. The first kappa shape index (κ1) is 18.7. The van der Waals surface area contributed by atoms with Gasteiger partial charge in [-0.3, -0.25) is 9.78 Å². The number of nitrogens with zero attached hydrogens (tertiary/aromatic N) is 3. The van der Waals surface area contributed by atoms with Crippen LogP contribution >= 0.6 is 35.1 Å². The lowest BCUT2D eigenvalue weighted by atomic mass is 10.3. The third-order valence-electron chi connectivity index (χ3n) is 3.36. The van der Waals surface area contributed by atoms with Crippen LogP contribution in [0.2, 0.25) is 5.02 Å². The van der Waals surface area contributed by atoms with Gasteiger partial charge in [0.05, 0.1) is 11.2 Å². The van der Waals surface area contributed by atoms with Crippen molar-refractivity contribution in [1.29, 1.82) is 0 Å². The van der Waals surface area contributed by atoms with Gasteiger partial charge in [-0.05, 0) is 42.2 Å². The van der Waals surface area contributed by atoms with Crippen molar-refractivity contribution in [1.82, 2.24) is 15.0 Å². The fraction of sp³-hybridized carbons (Fsp3) is 0.111. The Bertz CT molecular complexity index is 891. The van der Waals surface area contributed by atoms with Crippen LogP contribution in [0.4, 0.5) is 5.69 Å². The van der Waals surface area contributed by atoms with E-state index in [-0.39, 0.29) is 16.6 Å².